The topological polar surface area (TPSA) is 71.5 Å². The van der Waals surface area contributed by atoms with E-state index < -0.39 is 25.7 Å². The second-order valence-corrected chi connectivity index (χ2v) is 11.1. The van der Waals surface area contributed by atoms with Gasteiger partial charge in [-0.15, -0.1) is 0 Å². The first kappa shape index (κ1) is 20.3. The highest BCUT2D eigenvalue weighted by Gasteiger charge is 2.33. The molecule has 0 aliphatic heterocycles. The SMILES string of the molecule is CS(=O)(=O)c1ccc(Cl)c(S(=O)(=O)N(Cc2ccc(F)cc2)CC2CC2)c1. The van der Waals surface area contributed by atoms with Gasteiger partial charge in [0, 0.05) is 19.3 Å². The minimum absolute atomic E-state index is 0.0395. The zero-order valence-electron chi connectivity index (χ0n) is 14.6. The van der Waals surface area contributed by atoms with Gasteiger partial charge in [0.2, 0.25) is 10.0 Å². The lowest BCUT2D eigenvalue weighted by Gasteiger charge is -2.23. The van der Waals surface area contributed by atoms with Crippen LogP contribution in [0.3, 0.4) is 0 Å². The molecule has 0 saturated heterocycles. The van der Waals surface area contributed by atoms with Gasteiger partial charge in [0.1, 0.15) is 10.7 Å². The smallest absolute Gasteiger partial charge is 0.224 e. The maximum atomic E-state index is 13.2. The average Bonchev–Trinajstić information content (AvgIpc) is 3.39. The maximum Gasteiger partial charge on any atom is 0.244 e. The summed E-state index contributed by atoms with van der Waals surface area (Å²) in [6, 6.07) is 9.25. The summed E-state index contributed by atoms with van der Waals surface area (Å²) in [5, 5.41) is -0.0395. The Kier molecular flexibility index (Phi) is 5.63. The van der Waals surface area contributed by atoms with Crippen molar-refractivity contribution in [1.29, 1.82) is 0 Å². The van der Waals surface area contributed by atoms with E-state index in [0.717, 1.165) is 25.2 Å². The molecule has 1 saturated carbocycles. The predicted octanol–water partition coefficient (Wildman–Crippen LogP) is 3.48. The van der Waals surface area contributed by atoms with E-state index in [1.54, 1.807) is 0 Å². The summed E-state index contributed by atoms with van der Waals surface area (Å²) in [4.78, 5) is -0.353. The van der Waals surface area contributed by atoms with Gasteiger partial charge in [0.25, 0.3) is 0 Å². The van der Waals surface area contributed by atoms with Gasteiger partial charge < -0.3 is 0 Å². The van der Waals surface area contributed by atoms with Crippen molar-refractivity contribution in [3.05, 3.63) is 58.9 Å². The standard InChI is InChI=1S/C18H19ClFNO4S2/c1-26(22,23)16-8-9-17(19)18(10-16)27(24,25)21(11-13-2-3-13)12-14-4-6-15(20)7-5-14/h4-10,13H,2-3,11-12H2,1H3. The third-order valence-electron chi connectivity index (χ3n) is 4.38. The first-order chi connectivity index (χ1) is 12.6. The molecule has 2 aromatic carbocycles. The second-order valence-electron chi connectivity index (χ2n) is 6.73. The molecule has 0 amide bonds. The van der Waals surface area contributed by atoms with E-state index in [0.29, 0.717) is 12.1 Å². The van der Waals surface area contributed by atoms with Gasteiger partial charge in [-0.2, -0.15) is 4.31 Å². The van der Waals surface area contributed by atoms with E-state index in [1.165, 1.54) is 40.7 Å². The molecule has 1 aliphatic rings. The van der Waals surface area contributed by atoms with Gasteiger partial charge in [-0.25, -0.2) is 21.2 Å². The number of nitrogens with zero attached hydrogens (tertiary/aromatic N) is 1. The fourth-order valence-electron chi connectivity index (χ4n) is 2.68. The van der Waals surface area contributed by atoms with Crippen LogP contribution in [0.1, 0.15) is 18.4 Å². The highest BCUT2D eigenvalue weighted by atomic mass is 35.5. The van der Waals surface area contributed by atoms with Gasteiger partial charge in [-0.1, -0.05) is 23.7 Å². The monoisotopic (exact) mass is 431 g/mol. The van der Waals surface area contributed by atoms with Crippen LogP contribution in [0.15, 0.2) is 52.3 Å². The van der Waals surface area contributed by atoms with Crippen LogP contribution in [0.4, 0.5) is 4.39 Å². The lowest BCUT2D eigenvalue weighted by Crippen LogP contribution is -2.33. The van der Waals surface area contributed by atoms with Crippen LogP contribution in [0.2, 0.25) is 5.02 Å². The first-order valence-electron chi connectivity index (χ1n) is 8.31. The molecule has 1 aliphatic carbocycles. The van der Waals surface area contributed by atoms with Crippen molar-refractivity contribution in [1.82, 2.24) is 4.31 Å². The number of sulfone groups is 1. The summed E-state index contributed by atoms with van der Waals surface area (Å²) in [5.41, 5.74) is 0.635. The summed E-state index contributed by atoms with van der Waals surface area (Å²) < 4.78 is 64.5. The Hall–Kier alpha value is -1.48. The van der Waals surface area contributed by atoms with Crippen molar-refractivity contribution in [2.24, 2.45) is 5.92 Å². The van der Waals surface area contributed by atoms with E-state index in [-0.39, 0.29) is 27.3 Å². The van der Waals surface area contributed by atoms with Crippen molar-refractivity contribution >= 4 is 31.5 Å². The minimum Gasteiger partial charge on any atom is -0.224 e. The second kappa shape index (κ2) is 7.50. The summed E-state index contributed by atoms with van der Waals surface area (Å²) in [7, 11) is -7.62. The molecular formula is C18H19ClFNO4S2. The van der Waals surface area contributed by atoms with Gasteiger partial charge in [-0.05, 0) is 54.7 Å². The molecule has 9 heteroatoms. The Bertz CT molecular complexity index is 1050. The Morgan fingerprint density at radius 2 is 1.70 bits per heavy atom. The van der Waals surface area contributed by atoms with Crippen LogP contribution in [-0.2, 0) is 26.4 Å². The van der Waals surface area contributed by atoms with Crippen molar-refractivity contribution in [3.8, 4) is 0 Å². The molecule has 0 aromatic heterocycles. The van der Waals surface area contributed by atoms with E-state index in [2.05, 4.69) is 0 Å². The highest BCUT2D eigenvalue weighted by molar-refractivity contribution is 7.91. The number of rotatable bonds is 7. The molecule has 0 radical (unpaired) electrons. The fourth-order valence-corrected chi connectivity index (χ4v) is 5.41. The molecule has 2 aromatic rings. The molecule has 146 valence electrons. The third kappa shape index (κ3) is 4.87. The van der Waals surface area contributed by atoms with E-state index in [1.807, 2.05) is 0 Å². The maximum absolute atomic E-state index is 13.2. The van der Waals surface area contributed by atoms with Crippen LogP contribution in [0.25, 0.3) is 0 Å². The molecule has 0 spiro atoms. The summed E-state index contributed by atoms with van der Waals surface area (Å²) in [6.07, 6.45) is 2.88. The number of benzene rings is 2. The zero-order chi connectivity index (χ0) is 19.8. The van der Waals surface area contributed by atoms with Crippen LogP contribution in [-0.4, -0.2) is 33.9 Å². The molecule has 27 heavy (non-hydrogen) atoms. The van der Waals surface area contributed by atoms with E-state index in [4.69, 9.17) is 11.6 Å². The van der Waals surface area contributed by atoms with Gasteiger partial charge >= 0.3 is 0 Å². The molecule has 0 bridgehead atoms. The largest absolute Gasteiger partial charge is 0.244 e. The molecule has 0 atom stereocenters. The van der Waals surface area contributed by atoms with Crippen molar-refractivity contribution in [2.45, 2.75) is 29.2 Å². The van der Waals surface area contributed by atoms with Gasteiger partial charge in [0.05, 0.1) is 9.92 Å². The summed E-state index contributed by atoms with van der Waals surface area (Å²) in [6.45, 7) is 0.359. The van der Waals surface area contributed by atoms with Gasteiger partial charge in [-0.3, -0.25) is 0 Å². The number of hydrogen-bond donors (Lipinski definition) is 0. The number of halogens is 2. The fraction of sp³-hybridized carbons (Fsp3) is 0.333. The Morgan fingerprint density at radius 1 is 1.07 bits per heavy atom. The summed E-state index contributed by atoms with van der Waals surface area (Å²) >= 11 is 6.10. The Balaban J connectivity index is 2.01. The molecule has 0 unspecified atom stereocenters. The average molecular weight is 432 g/mol. The zero-order valence-corrected chi connectivity index (χ0v) is 17.0. The number of hydrogen-bond acceptors (Lipinski definition) is 4. The minimum atomic E-state index is -4.03. The summed E-state index contributed by atoms with van der Waals surface area (Å²) in [5.74, 6) is -0.142. The molecule has 0 heterocycles. The molecular weight excluding hydrogens is 413 g/mol. The quantitative estimate of drug-likeness (QED) is 0.672. The first-order valence-corrected chi connectivity index (χ1v) is 12.0. The van der Waals surface area contributed by atoms with E-state index >= 15 is 0 Å². The van der Waals surface area contributed by atoms with Crippen LogP contribution >= 0.6 is 11.6 Å². The predicted molar refractivity (Wildman–Crippen MR) is 101 cm³/mol. The molecule has 3 rings (SSSR count). The third-order valence-corrected chi connectivity index (χ3v) is 7.78. The Morgan fingerprint density at radius 3 is 2.26 bits per heavy atom. The lowest BCUT2D eigenvalue weighted by molar-refractivity contribution is 0.391. The molecule has 5 nitrogen and oxygen atoms in total. The van der Waals surface area contributed by atoms with Crippen LogP contribution < -0.4 is 0 Å². The van der Waals surface area contributed by atoms with Crippen molar-refractivity contribution < 1.29 is 21.2 Å². The van der Waals surface area contributed by atoms with Crippen LogP contribution in [0.5, 0.6) is 0 Å². The Labute approximate surface area is 163 Å². The lowest BCUT2D eigenvalue weighted by atomic mass is 10.2. The highest BCUT2D eigenvalue weighted by Crippen LogP contribution is 2.34. The van der Waals surface area contributed by atoms with E-state index in [9.17, 15) is 21.2 Å². The molecule has 1 fully saturated rings. The normalized spacial score (nSPS) is 15.3. The molecule has 0 N–H and O–H groups in total. The van der Waals surface area contributed by atoms with Gasteiger partial charge in [0.15, 0.2) is 9.84 Å². The van der Waals surface area contributed by atoms with Crippen molar-refractivity contribution in [3.63, 3.8) is 0 Å². The number of sulfonamides is 1. The van der Waals surface area contributed by atoms with Crippen LogP contribution in [0, 0.1) is 11.7 Å². The van der Waals surface area contributed by atoms with Crippen molar-refractivity contribution in [2.75, 3.05) is 12.8 Å².